The second-order valence-electron chi connectivity index (χ2n) is 8.52. The lowest BCUT2D eigenvalue weighted by Crippen LogP contribution is -2.18. The quantitative estimate of drug-likeness (QED) is 0.477. The van der Waals surface area contributed by atoms with Gasteiger partial charge in [-0.3, -0.25) is 9.78 Å². The fourth-order valence-electron chi connectivity index (χ4n) is 4.23. The Kier molecular flexibility index (Phi) is 4.69. The summed E-state index contributed by atoms with van der Waals surface area (Å²) in [5, 5.41) is 4.23. The number of aromatic nitrogens is 4. The minimum absolute atomic E-state index is 0.252. The van der Waals surface area contributed by atoms with Crippen LogP contribution in [-0.2, 0) is 18.3 Å². The van der Waals surface area contributed by atoms with Gasteiger partial charge in [0.15, 0.2) is 0 Å². The summed E-state index contributed by atoms with van der Waals surface area (Å²) in [6.45, 7) is 4.20. The van der Waals surface area contributed by atoms with Gasteiger partial charge in [0, 0.05) is 53.5 Å². The van der Waals surface area contributed by atoms with E-state index in [1.807, 2.05) is 23.9 Å². The number of amides is 1. The molecule has 1 fully saturated rings. The summed E-state index contributed by atoms with van der Waals surface area (Å²) in [6, 6.07) is 5.85. The molecule has 0 radical (unpaired) electrons. The molecule has 1 saturated carbocycles. The molecule has 1 atom stereocenters. The molecule has 32 heavy (non-hydrogen) atoms. The Morgan fingerprint density at radius 1 is 1.19 bits per heavy atom. The molecule has 4 aromatic rings. The average Bonchev–Trinajstić information content (AvgIpc) is 3.22. The standard InChI is InChI=1S/C24H23F2N5O/c1-4-5-15-6-13(2)18(11-27-15)17-7-14-10-28-20(30-23(32)19-9-24(19,25)26)8-16(14)22-21(17)29-12-31(22)3/h6-8,10-12,19H,4-5,9H2,1-3H3,(H,28,30,32). The van der Waals surface area contributed by atoms with Gasteiger partial charge >= 0.3 is 0 Å². The Morgan fingerprint density at radius 2 is 1.97 bits per heavy atom. The highest BCUT2D eigenvalue weighted by molar-refractivity contribution is 6.12. The van der Waals surface area contributed by atoms with E-state index >= 15 is 0 Å². The summed E-state index contributed by atoms with van der Waals surface area (Å²) in [5.74, 6) is -4.63. The van der Waals surface area contributed by atoms with Gasteiger partial charge in [-0.15, -0.1) is 0 Å². The van der Waals surface area contributed by atoms with Crippen LogP contribution in [0.15, 0.2) is 36.9 Å². The Balaban J connectivity index is 1.60. The van der Waals surface area contributed by atoms with Crippen molar-refractivity contribution in [3.8, 4) is 11.1 Å². The summed E-state index contributed by atoms with van der Waals surface area (Å²) in [5.41, 5.74) is 5.84. The summed E-state index contributed by atoms with van der Waals surface area (Å²) in [6.07, 6.45) is 6.85. The third kappa shape index (κ3) is 3.39. The molecule has 1 amide bonds. The molecule has 0 bridgehead atoms. The molecule has 1 N–H and O–H groups in total. The fraction of sp³-hybridized carbons (Fsp3) is 0.333. The maximum atomic E-state index is 13.2. The van der Waals surface area contributed by atoms with E-state index in [2.05, 4.69) is 40.2 Å². The van der Waals surface area contributed by atoms with Crippen LogP contribution in [0.2, 0.25) is 0 Å². The second-order valence-corrected chi connectivity index (χ2v) is 8.52. The number of nitrogens with one attached hydrogen (secondary N) is 1. The number of hydrogen-bond donors (Lipinski definition) is 1. The van der Waals surface area contributed by atoms with Crippen LogP contribution >= 0.6 is 0 Å². The zero-order valence-corrected chi connectivity index (χ0v) is 18.1. The molecule has 0 spiro atoms. The van der Waals surface area contributed by atoms with Gasteiger partial charge in [-0.2, -0.15) is 0 Å². The summed E-state index contributed by atoms with van der Waals surface area (Å²) >= 11 is 0. The van der Waals surface area contributed by atoms with Crippen LogP contribution in [0, 0.1) is 12.8 Å². The van der Waals surface area contributed by atoms with Crippen molar-refractivity contribution in [3.05, 3.63) is 48.2 Å². The van der Waals surface area contributed by atoms with Gasteiger partial charge in [-0.25, -0.2) is 18.7 Å². The number of aryl methyl sites for hydroxylation is 3. The first-order valence-electron chi connectivity index (χ1n) is 10.7. The maximum Gasteiger partial charge on any atom is 0.260 e. The van der Waals surface area contributed by atoms with Crippen LogP contribution in [0.1, 0.15) is 31.0 Å². The van der Waals surface area contributed by atoms with Crippen molar-refractivity contribution in [2.75, 3.05) is 5.32 Å². The van der Waals surface area contributed by atoms with Gasteiger partial charge in [-0.05, 0) is 37.1 Å². The normalized spacial score (nSPS) is 17.1. The first kappa shape index (κ1) is 20.5. The van der Waals surface area contributed by atoms with Crippen molar-refractivity contribution >= 4 is 33.5 Å². The number of hydrogen-bond acceptors (Lipinski definition) is 4. The Morgan fingerprint density at radius 3 is 2.66 bits per heavy atom. The molecule has 6 nitrogen and oxygen atoms in total. The van der Waals surface area contributed by atoms with Crippen molar-refractivity contribution in [1.82, 2.24) is 19.5 Å². The van der Waals surface area contributed by atoms with Crippen LogP contribution in [0.3, 0.4) is 0 Å². The molecule has 1 unspecified atom stereocenters. The lowest BCUT2D eigenvalue weighted by molar-refractivity contribution is -0.119. The maximum absolute atomic E-state index is 13.2. The number of nitrogens with zero attached hydrogens (tertiary/aromatic N) is 4. The third-order valence-corrected chi connectivity index (χ3v) is 6.04. The van der Waals surface area contributed by atoms with E-state index in [9.17, 15) is 13.6 Å². The Labute approximate surface area is 183 Å². The number of benzene rings is 1. The van der Waals surface area contributed by atoms with Crippen LogP contribution in [0.5, 0.6) is 0 Å². The van der Waals surface area contributed by atoms with Crippen molar-refractivity contribution in [1.29, 1.82) is 0 Å². The number of pyridine rings is 2. The Bertz CT molecular complexity index is 1380. The molecule has 164 valence electrons. The minimum Gasteiger partial charge on any atom is -0.333 e. The number of halogens is 2. The lowest BCUT2D eigenvalue weighted by Gasteiger charge is -2.12. The highest BCUT2D eigenvalue weighted by Crippen LogP contribution is 2.49. The number of carbonyl (C=O) groups is 1. The number of alkyl halides is 2. The molecule has 1 aliphatic rings. The summed E-state index contributed by atoms with van der Waals surface area (Å²) < 4.78 is 28.4. The highest BCUT2D eigenvalue weighted by atomic mass is 19.3. The summed E-state index contributed by atoms with van der Waals surface area (Å²) in [4.78, 5) is 25.6. The predicted octanol–water partition coefficient (Wildman–Crippen LogP) is 5.04. The van der Waals surface area contributed by atoms with E-state index in [-0.39, 0.29) is 5.82 Å². The molecule has 8 heteroatoms. The van der Waals surface area contributed by atoms with Gasteiger partial charge in [-0.1, -0.05) is 13.3 Å². The first-order chi connectivity index (χ1) is 15.3. The average molecular weight is 435 g/mol. The molecule has 3 heterocycles. The van der Waals surface area contributed by atoms with Gasteiger partial charge in [0.2, 0.25) is 5.91 Å². The van der Waals surface area contributed by atoms with Crippen molar-refractivity contribution in [2.24, 2.45) is 13.0 Å². The number of rotatable bonds is 5. The zero-order chi connectivity index (χ0) is 22.6. The van der Waals surface area contributed by atoms with Crippen molar-refractivity contribution < 1.29 is 13.6 Å². The third-order valence-electron chi connectivity index (χ3n) is 6.04. The molecule has 3 aromatic heterocycles. The monoisotopic (exact) mass is 435 g/mol. The first-order valence-corrected chi connectivity index (χ1v) is 10.7. The van der Waals surface area contributed by atoms with Crippen molar-refractivity contribution in [3.63, 3.8) is 0 Å². The van der Waals surface area contributed by atoms with Crippen LogP contribution in [0.4, 0.5) is 14.6 Å². The van der Waals surface area contributed by atoms with Crippen LogP contribution < -0.4 is 5.32 Å². The zero-order valence-electron chi connectivity index (χ0n) is 18.1. The second kappa shape index (κ2) is 7.32. The molecular weight excluding hydrogens is 412 g/mol. The molecule has 1 aliphatic carbocycles. The van der Waals surface area contributed by atoms with Gasteiger partial charge in [0.05, 0.1) is 17.4 Å². The molecule has 1 aromatic carbocycles. The number of anilines is 1. The number of fused-ring (bicyclic) bond motifs is 3. The van der Waals surface area contributed by atoms with E-state index < -0.39 is 24.2 Å². The van der Waals surface area contributed by atoms with E-state index in [1.165, 1.54) is 0 Å². The van der Waals surface area contributed by atoms with E-state index in [0.717, 1.165) is 57.0 Å². The molecule has 0 aliphatic heterocycles. The number of carbonyl (C=O) groups excluding carboxylic acids is 1. The topological polar surface area (TPSA) is 72.7 Å². The molecular formula is C24H23F2N5O. The largest absolute Gasteiger partial charge is 0.333 e. The molecule has 0 saturated heterocycles. The summed E-state index contributed by atoms with van der Waals surface area (Å²) in [7, 11) is 1.90. The van der Waals surface area contributed by atoms with E-state index in [1.54, 1.807) is 18.6 Å². The van der Waals surface area contributed by atoms with Gasteiger partial charge < -0.3 is 9.88 Å². The SMILES string of the molecule is CCCc1cc(C)c(-c2cc3cnc(NC(=O)C4CC4(F)F)cc3c3c2ncn3C)cn1. The van der Waals surface area contributed by atoms with Gasteiger partial charge in [0.1, 0.15) is 11.7 Å². The van der Waals surface area contributed by atoms with Crippen LogP contribution in [-0.4, -0.2) is 31.3 Å². The predicted molar refractivity (Wildman–Crippen MR) is 120 cm³/mol. The smallest absolute Gasteiger partial charge is 0.260 e. The van der Waals surface area contributed by atoms with E-state index in [0.29, 0.717) is 0 Å². The highest BCUT2D eigenvalue weighted by Gasteiger charge is 2.61. The number of imidazole rings is 1. The fourth-order valence-corrected chi connectivity index (χ4v) is 4.23. The molecule has 5 rings (SSSR count). The Hall–Kier alpha value is -3.42. The van der Waals surface area contributed by atoms with Gasteiger partial charge in [0.25, 0.3) is 5.92 Å². The van der Waals surface area contributed by atoms with Crippen LogP contribution in [0.25, 0.3) is 32.9 Å². The minimum atomic E-state index is -2.91. The van der Waals surface area contributed by atoms with E-state index in [4.69, 9.17) is 0 Å². The van der Waals surface area contributed by atoms with Crippen molar-refractivity contribution in [2.45, 2.75) is 39.0 Å². The lowest BCUT2D eigenvalue weighted by atomic mass is 9.97.